The van der Waals surface area contributed by atoms with Gasteiger partial charge in [-0.05, 0) is 13.8 Å². The largest absolute Gasteiger partial charge is 0.348 e. The fraction of sp³-hybridized carbons (Fsp3) is 0.750. The molecule has 2 rings (SSSR count). The Bertz CT molecular complexity index is 271. The maximum atomic E-state index is 5.62. The fourth-order valence-electron chi connectivity index (χ4n) is 1.40. The first-order valence-corrected chi connectivity index (χ1v) is 4.30. The summed E-state index contributed by atoms with van der Waals surface area (Å²) in [6.07, 6.45) is 3.45. The van der Waals surface area contributed by atoms with Gasteiger partial charge < -0.3 is 14.0 Å². The van der Waals surface area contributed by atoms with Crippen molar-refractivity contribution < 1.29 is 9.47 Å². The van der Waals surface area contributed by atoms with Gasteiger partial charge in [0.25, 0.3) is 0 Å². The van der Waals surface area contributed by atoms with Crippen molar-refractivity contribution in [2.45, 2.75) is 32.3 Å². The van der Waals surface area contributed by atoms with E-state index >= 15 is 0 Å². The van der Waals surface area contributed by atoms with Crippen molar-refractivity contribution in [3.8, 4) is 0 Å². The molecular formula is C8H13N3O2. The standard InChI is InChI=1S/C8H13N3O2/c1-8(2)12-4-7(13-8)3-11-5-9-10-6-11/h5-7H,3-4H2,1-2H3. The highest BCUT2D eigenvalue weighted by atomic mass is 16.7. The van der Waals surface area contributed by atoms with Crippen LogP contribution in [0.2, 0.25) is 0 Å². The van der Waals surface area contributed by atoms with Gasteiger partial charge in [-0.3, -0.25) is 0 Å². The molecule has 1 fully saturated rings. The summed E-state index contributed by atoms with van der Waals surface area (Å²) in [5.74, 6) is -0.446. The van der Waals surface area contributed by atoms with E-state index in [2.05, 4.69) is 10.2 Å². The van der Waals surface area contributed by atoms with Crippen molar-refractivity contribution >= 4 is 0 Å². The van der Waals surface area contributed by atoms with Crippen LogP contribution in [0.15, 0.2) is 12.7 Å². The molecule has 1 aromatic heterocycles. The zero-order valence-corrected chi connectivity index (χ0v) is 7.80. The van der Waals surface area contributed by atoms with Gasteiger partial charge in [-0.2, -0.15) is 0 Å². The van der Waals surface area contributed by atoms with Crippen molar-refractivity contribution in [3.05, 3.63) is 12.7 Å². The lowest BCUT2D eigenvalue weighted by Crippen LogP contribution is -2.23. The van der Waals surface area contributed by atoms with Gasteiger partial charge in [0, 0.05) is 0 Å². The first-order chi connectivity index (χ1) is 6.16. The second kappa shape index (κ2) is 3.08. The summed E-state index contributed by atoms with van der Waals surface area (Å²) in [7, 11) is 0. The van der Waals surface area contributed by atoms with Gasteiger partial charge in [0.2, 0.25) is 0 Å². The van der Waals surface area contributed by atoms with Crippen molar-refractivity contribution in [1.82, 2.24) is 14.8 Å². The van der Waals surface area contributed by atoms with Crippen LogP contribution >= 0.6 is 0 Å². The summed E-state index contributed by atoms with van der Waals surface area (Å²) in [5.41, 5.74) is 0. The maximum Gasteiger partial charge on any atom is 0.163 e. The summed E-state index contributed by atoms with van der Waals surface area (Å²) in [6, 6.07) is 0. The van der Waals surface area contributed by atoms with E-state index in [1.165, 1.54) is 0 Å². The van der Waals surface area contributed by atoms with E-state index in [9.17, 15) is 0 Å². The lowest BCUT2D eigenvalue weighted by atomic mass is 10.4. The Morgan fingerprint density at radius 3 is 2.69 bits per heavy atom. The van der Waals surface area contributed by atoms with Crippen LogP contribution in [0.4, 0.5) is 0 Å². The van der Waals surface area contributed by atoms with Crippen LogP contribution in [0.25, 0.3) is 0 Å². The fourth-order valence-corrected chi connectivity index (χ4v) is 1.40. The Balaban J connectivity index is 1.91. The zero-order valence-electron chi connectivity index (χ0n) is 7.80. The summed E-state index contributed by atoms with van der Waals surface area (Å²) < 4.78 is 12.9. The number of rotatable bonds is 2. The Hall–Kier alpha value is -0.940. The quantitative estimate of drug-likeness (QED) is 0.667. The van der Waals surface area contributed by atoms with Crippen molar-refractivity contribution in [3.63, 3.8) is 0 Å². The molecule has 5 nitrogen and oxygen atoms in total. The predicted molar refractivity (Wildman–Crippen MR) is 44.9 cm³/mol. The molecule has 0 bridgehead atoms. The van der Waals surface area contributed by atoms with E-state index in [4.69, 9.17) is 9.47 Å². The summed E-state index contributed by atoms with van der Waals surface area (Å²) in [6.45, 7) is 5.21. The molecule has 0 radical (unpaired) electrons. The van der Waals surface area contributed by atoms with E-state index < -0.39 is 5.79 Å². The predicted octanol–water partition coefficient (Wildman–Crippen LogP) is 0.430. The van der Waals surface area contributed by atoms with E-state index in [0.29, 0.717) is 6.61 Å². The van der Waals surface area contributed by atoms with Gasteiger partial charge in [-0.15, -0.1) is 10.2 Å². The molecule has 1 aliphatic rings. The van der Waals surface area contributed by atoms with Crippen LogP contribution in [0, 0.1) is 0 Å². The van der Waals surface area contributed by atoms with Crippen LogP contribution < -0.4 is 0 Å². The number of hydrogen-bond donors (Lipinski definition) is 0. The van der Waals surface area contributed by atoms with Crippen LogP contribution in [-0.4, -0.2) is 33.3 Å². The van der Waals surface area contributed by atoms with E-state index in [0.717, 1.165) is 6.54 Å². The molecule has 0 N–H and O–H groups in total. The minimum absolute atomic E-state index is 0.103. The monoisotopic (exact) mass is 183 g/mol. The first kappa shape index (κ1) is 8.65. The molecule has 0 aromatic carbocycles. The maximum absolute atomic E-state index is 5.62. The molecule has 0 saturated carbocycles. The molecule has 1 saturated heterocycles. The Labute approximate surface area is 76.7 Å². The average molecular weight is 183 g/mol. The van der Waals surface area contributed by atoms with Crippen molar-refractivity contribution in [1.29, 1.82) is 0 Å². The Morgan fingerprint density at radius 2 is 2.15 bits per heavy atom. The minimum Gasteiger partial charge on any atom is -0.348 e. The highest BCUT2D eigenvalue weighted by Gasteiger charge is 2.32. The normalized spacial score (nSPS) is 26.5. The molecule has 1 atom stereocenters. The summed E-state index contributed by atoms with van der Waals surface area (Å²) >= 11 is 0. The smallest absolute Gasteiger partial charge is 0.163 e. The van der Waals surface area contributed by atoms with Gasteiger partial charge in [-0.1, -0.05) is 0 Å². The van der Waals surface area contributed by atoms with Crippen molar-refractivity contribution in [2.24, 2.45) is 0 Å². The summed E-state index contributed by atoms with van der Waals surface area (Å²) in [4.78, 5) is 0. The highest BCUT2D eigenvalue weighted by molar-refractivity contribution is 4.73. The number of hydrogen-bond acceptors (Lipinski definition) is 4. The van der Waals surface area contributed by atoms with Gasteiger partial charge in [0.1, 0.15) is 18.8 Å². The molecule has 1 unspecified atom stereocenters. The average Bonchev–Trinajstić information content (AvgIpc) is 2.61. The van der Waals surface area contributed by atoms with Crippen LogP contribution in [-0.2, 0) is 16.0 Å². The Morgan fingerprint density at radius 1 is 1.46 bits per heavy atom. The van der Waals surface area contributed by atoms with Gasteiger partial charge >= 0.3 is 0 Å². The van der Waals surface area contributed by atoms with Gasteiger partial charge in [0.05, 0.1) is 13.2 Å². The molecule has 1 aromatic rings. The lowest BCUT2D eigenvalue weighted by Gasteiger charge is -2.16. The summed E-state index contributed by atoms with van der Waals surface area (Å²) in [5, 5.41) is 7.43. The highest BCUT2D eigenvalue weighted by Crippen LogP contribution is 2.22. The molecule has 1 aliphatic heterocycles. The minimum atomic E-state index is -0.446. The third kappa shape index (κ3) is 2.05. The molecule has 72 valence electrons. The van der Waals surface area contributed by atoms with E-state index in [1.54, 1.807) is 12.7 Å². The third-order valence-corrected chi connectivity index (χ3v) is 1.95. The first-order valence-electron chi connectivity index (χ1n) is 4.30. The van der Waals surface area contributed by atoms with Crippen LogP contribution in [0.3, 0.4) is 0 Å². The molecule has 0 aliphatic carbocycles. The van der Waals surface area contributed by atoms with Crippen LogP contribution in [0.1, 0.15) is 13.8 Å². The second-order valence-corrected chi connectivity index (χ2v) is 3.61. The van der Waals surface area contributed by atoms with E-state index in [1.807, 2.05) is 18.4 Å². The number of nitrogens with zero attached hydrogens (tertiary/aromatic N) is 3. The van der Waals surface area contributed by atoms with Gasteiger partial charge in [-0.25, -0.2) is 0 Å². The Kier molecular flexibility index (Phi) is 2.05. The lowest BCUT2D eigenvalue weighted by molar-refractivity contribution is -0.139. The molecule has 5 heteroatoms. The zero-order chi connectivity index (χ0) is 9.31. The van der Waals surface area contributed by atoms with Gasteiger partial charge in [0.15, 0.2) is 5.79 Å². The molecular weight excluding hydrogens is 170 g/mol. The van der Waals surface area contributed by atoms with E-state index in [-0.39, 0.29) is 6.10 Å². The number of aromatic nitrogens is 3. The molecule has 2 heterocycles. The number of ether oxygens (including phenoxy) is 2. The molecule has 0 amide bonds. The van der Waals surface area contributed by atoms with Crippen molar-refractivity contribution in [2.75, 3.05) is 6.61 Å². The molecule has 13 heavy (non-hydrogen) atoms. The SMILES string of the molecule is CC1(C)OCC(Cn2cnnc2)O1. The van der Waals surface area contributed by atoms with Crippen LogP contribution in [0.5, 0.6) is 0 Å². The second-order valence-electron chi connectivity index (χ2n) is 3.61. The molecule has 0 spiro atoms. The third-order valence-electron chi connectivity index (χ3n) is 1.95. The topological polar surface area (TPSA) is 49.2 Å².